The average molecular weight is 354 g/mol. The van der Waals surface area contributed by atoms with Crippen molar-refractivity contribution in [2.75, 3.05) is 18.5 Å². The molecule has 4 rings (SSSR count). The predicted molar refractivity (Wildman–Crippen MR) is 99.0 cm³/mol. The van der Waals surface area contributed by atoms with Crippen molar-refractivity contribution in [1.82, 2.24) is 25.3 Å². The van der Waals surface area contributed by atoms with Crippen molar-refractivity contribution in [3.8, 4) is 0 Å². The van der Waals surface area contributed by atoms with Gasteiger partial charge in [0.2, 0.25) is 5.95 Å². The van der Waals surface area contributed by atoms with E-state index in [2.05, 4.69) is 30.6 Å². The molecule has 8 nitrogen and oxygen atoms in total. The van der Waals surface area contributed by atoms with Crippen LogP contribution in [-0.4, -0.2) is 39.2 Å². The lowest BCUT2D eigenvalue weighted by Gasteiger charge is -2.10. The molecule has 3 aromatic rings. The second-order valence-corrected chi connectivity index (χ2v) is 6.49. The summed E-state index contributed by atoms with van der Waals surface area (Å²) in [7, 11) is 0. The molecule has 136 valence electrons. The lowest BCUT2D eigenvalue weighted by molar-refractivity contribution is 0.120. The standard InChI is InChI=1S/C18H22N6O2/c25-18-23-15-4-3-12(6-16(15)24-18)7-19-8-13-9-20-17(21-10-13)22-11-14-2-1-5-26-14/h3-4,6,9-10,14,19H,1-2,5,7-8,11H2,(H,20,21,22)(H2,23,24,25). The summed E-state index contributed by atoms with van der Waals surface area (Å²) in [6.45, 7) is 2.97. The van der Waals surface area contributed by atoms with Crippen LogP contribution in [0.4, 0.5) is 5.95 Å². The molecule has 0 bridgehead atoms. The summed E-state index contributed by atoms with van der Waals surface area (Å²) in [5.41, 5.74) is 3.57. The molecule has 26 heavy (non-hydrogen) atoms. The van der Waals surface area contributed by atoms with Gasteiger partial charge in [0.25, 0.3) is 0 Å². The third-order valence-corrected chi connectivity index (χ3v) is 4.46. The second kappa shape index (κ2) is 7.67. The molecular weight excluding hydrogens is 332 g/mol. The Morgan fingerprint density at radius 2 is 1.92 bits per heavy atom. The Kier molecular flexibility index (Phi) is 4.94. The monoisotopic (exact) mass is 354 g/mol. The van der Waals surface area contributed by atoms with E-state index in [9.17, 15) is 4.79 Å². The van der Waals surface area contributed by atoms with E-state index in [0.29, 0.717) is 19.0 Å². The highest BCUT2D eigenvalue weighted by atomic mass is 16.5. The Bertz CT molecular complexity index is 911. The number of imidazole rings is 1. The fourth-order valence-corrected chi connectivity index (χ4v) is 3.09. The molecule has 0 amide bonds. The minimum absolute atomic E-state index is 0.185. The van der Waals surface area contributed by atoms with Gasteiger partial charge >= 0.3 is 5.69 Å². The second-order valence-electron chi connectivity index (χ2n) is 6.49. The van der Waals surface area contributed by atoms with Gasteiger partial charge < -0.3 is 25.3 Å². The molecule has 4 N–H and O–H groups in total. The fraction of sp³-hybridized carbons (Fsp3) is 0.389. The van der Waals surface area contributed by atoms with Gasteiger partial charge in [-0.25, -0.2) is 14.8 Å². The van der Waals surface area contributed by atoms with Crippen molar-refractivity contribution < 1.29 is 4.74 Å². The van der Waals surface area contributed by atoms with Crippen molar-refractivity contribution >= 4 is 17.0 Å². The smallest absolute Gasteiger partial charge is 0.323 e. The SMILES string of the molecule is O=c1[nH]c2ccc(CNCc3cnc(NCC4CCCO4)nc3)cc2[nH]1. The topological polar surface area (TPSA) is 108 Å². The quantitative estimate of drug-likeness (QED) is 0.512. The number of anilines is 1. The first-order valence-corrected chi connectivity index (χ1v) is 8.84. The largest absolute Gasteiger partial charge is 0.376 e. The molecule has 0 radical (unpaired) electrons. The van der Waals surface area contributed by atoms with Crippen LogP contribution < -0.4 is 16.3 Å². The van der Waals surface area contributed by atoms with Crippen molar-refractivity contribution in [1.29, 1.82) is 0 Å². The van der Waals surface area contributed by atoms with Gasteiger partial charge in [0.1, 0.15) is 0 Å². The number of aromatic nitrogens is 4. The molecule has 1 fully saturated rings. The normalized spacial score (nSPS) is 17.0. The first-order valence-electron chi connectivity index (χ1n) is 8.84. The van der Waals surface area contributed by atoms with Crippen LogP contribution in [0.15, 0.2) is 35.4 Å². The molecule has 0 aliphatic carbocycles. The van der Waals surface area contributed by atoms with Crippen molar-refractivity contribution in [3.05, 3.63) is 52.2 Å². The Hall–Kier alpha value is -2.71. The number of ether oxygens (including phenoxy) is 1. The average Bonchev–Trinajstić information content (AvgIpc) is 3.29. The van der Waals surface area contributed by atoms with Crippen LogP contribution in [0.25, 0.3) is 11.0 Å². The highest BCUT2D eigenvalue weighted by Gasteiger charge is 2.15. The van der Waals surface area contributed by atoms with E-state index in [-0.39, 0.29) is 11.8 Å². The number of hydrogen-bond acceptors (Lipinski definition) is 6. The summed E-state index contributed by atoms with van der Waals surface area (Å²) in [5, 5.41) is 6.58. The van der Waals surface area contributed by atoms with Crippen LogP contribution in [0, 0.1) is 0 Å². The highest BCUT2D eigenvalue weighted by Crippen LogP contribution is 2.12. The summed E-state index contributed by atoms with van der Waals surface area (Å²) in [6.07, 6.45) is 6.14. The number of nitrogens with zero attached hydrogens (tertiary/aromatic N) is 2. The van der Waals surface area contributed by atoms with Gasteiger partial charge in [0.15, 0.2) is 0 Å². The Labute approximate surface area is 150 Å². The van der Waals surface area contributed by atoms with E-state index in [1.807, 2.05) is 30.6 Å². The van der Waals surface area contributed by atoms with Crippen LogP contribution in [0.3, 0.4) is 0 Å². The molecule has 3 heterocycles. The fourth-order valence-electron chi connectivity index (χ4n) is 3.09. The van der Waals surface area contributed by atoms with Crippen LogP contribution in [0.1, 0.15) is 24.0 Å². The van der Waals surface area contributed by atoms with Crippen molar-refractivity contribution in [2.24, 2.45) is 0 Å². The zero-order valence-electron chi connectivity index (χ0n) is 14.4. The van der Waals surface area contributed by atoms with E-state index < -0.39 is 0 Å². The summed E-state index contributed by atoms with van der Waals surface area (Å²) in [6, 6.07) is 5.87. The minimum Gasteiger partial charge on any atom is -0.376 e. The highest BCUT2D eigenvalue weighted by molar-refractivity contribution is 5.74. The molecule has 0 saturated carbocycles. The van der Waals surface area contributed by atoms with Gasteiger partial charge in [-0.1, -0.05) is 6.07 Å². The minimum atomic E-state index is -0.185. The first kappa shape index (κ1) is 16.7. The number of hydrogen-bond donors (Lipinski definition) is 4. The zero-order chi connectivity index (χ0) is 17.8. The number of benzene rings is 1. The summed E-state index contributed by atoms with van der Waals surface area (Å²) < 4.78 is 5.57. The maximum Gasteiger partial charge on any atom is 0.323 e. The third-order valence-electron chi connectivity index (χ3n) is 4.46. The molecule has 1 unspecified atom stereocenters. The number of H-pyrrole nitrogens is 2. The third kappa shape index (κ3) is 4.09. The first-order chi connectivity index (χ1) is 12.8. The van der Waals surface area contributed by atoms with Gasteiger partial charge in [0.05, 0.1) is 17.1 Å². The Morgan fingerprint density at radius 1 is 1.12 bits per heavy atom. The molecule has 1 aliphatic heterocycles. The van der Waals surface area contributed by atoms with Crippen LogP contribution in [0.5, 0.6) is 0 Å². The summed E-state index contributed by atoms with van der Waals surface area (Å²) >= 11 is 0. The number of rotatable bonds is 7. The number of aromatic amines is 2. The van der Waals surface area contributed by atoms with E-state index in [1.165, 1.54) is 0 Å². The Balaban J connectivity index is 1.26. The van der Waals surface area contributed by atoms with Crippen LogP contribution in [0.2, 0.25) is 0 Å². The van der Waals surface area contributed by atoms with Gasteiger partial charge in [-0.05, 0) is 30.5 Å². The predicted octanol–water partition coefficient (Wildman–Crippen LogP) is 1.53. The molecule has 8 heteroatoms. The van der Waals surface area contributed by atoms with E-state index in [1.54, 1.807) is 0 Å². The lowest BCUT2D eigenvalue weighted by Crippen LogP contribution is -2.19. The molecule has 1 atom stereocenters. The molecular formula is C18H22N6O2. The van der Waals surface area contributed by atoms with Crippen molar-refractivity contribution in [2.45, 2.75) is 32.0 Å². The van der Waals surface area contributed by atoms with E-state index in [0.717, 1.165) is 48.2 Å². The van der Waals surface area contributed by atoms with E-state index >= 15 is 0 Å². The lowest BCUT2D eigenvalue weighted by atomic mass is 10.2. The van der Waals surface area contributed by atoms with Gasteiger partial charge in [-0.15, -0.1) is 0 Å². The van der Waals surface area contributed by atoms with Gasteiger partial charge in [-0.3, -0.25) is 0 Å². The van der Waals surface area contributed by atoms with Crippen LogP contribution >= 0.6 is 0 Å². The van der Waals surface area contributed by atoms with Gasteiger partial charge in [0, 0.05) is 44.2 Å². The summed E-state index contributed by atoms with van der Waals surface area (Å²) in [4.78, 5) is 25.5. The maximum absolute atomic E-state index is 11.3. The zero-order valence-corrected chi connectivity index (χ0v) is 14.4. The van der Waals surface area contributed by atoms with Crippen molar-refractivity contribution in [3.63, 3.8) is 0 Å². The molecule has 1 aliphatic rings. The summed E-state index contributed by atoms with van der Waals surface area (Å²) in [5.74, 6) is 0.631. The molecule has 0 spiro atoms. The Morgan fingerprint density at radius 3 is 2.73 bits per heavy atom. The molecule has 1 aromatic carbocycles. The van der Waals surface area contributed by atoms with Crippen LogP contribution in [-0.2, 0) is 17.8 Å². The van der Waals surface area contributed by atoms with Gasteiger partial charge in [-0.2, -0.15) is 0 Å². The maximum atomic E-state index is 11.3. The van der Waals surface area contributed by atoms with E-state index in [4.69, 9.17) is 4.74 Å². The molecule has 1 saturated heterocycles. The number of fused-ring (bicyclic) bond motifs is 1. The number of nitrogens with one attached hydrogen (secondary N) is 4. The molecule has 2 aromatic heterocycles.